The van der Waals surface area contributed by atoms with Gasteiger partial charge in [0.05, 0.1) is 20.1 Å². The van der Waals surface area contributed by atoms with Crippen LogP contribution in [0.3, 0.4) is 0 Å². The average molecular weight is 531 g/mol. The van der Waals surface area contributed by atoms with Crippen molar-refractivity contribution in [3.8, 4) is 0 Å². The topological polar surface area (TPSA) is 66.8 Å². The lowest BCUT2D eigenvalue weighted by Crippen LogP contribution is -2.55. The maximum Gasteiger partial charge on any atom is 0.470 e. The van der Waals surface area contributed by atoms with Gasteiger partial charge in [0.15, 0.2) is 0 Å². The van der Waals surface area contributed by atoms with Gasteiger partial charge in [-0.3, -0.25) is 4.52 Å². The van der Waals surface area contributed by atoms with E-state index in [2.05, 4.69) is 33.2 Å². The number of nitrogens with zero attached hydrogens (tertiary/aromatic N) is 1. The maximum absolute atomic E-state index is 11.5. The van der Waals surface area contributed by atoms with E-state index in [1.54, 1.807) is 0 Å². The quantitative estimate of drug-likeness (QED) is 0.0534. The fourth-order valence-corrected chi connectivity index (χ4v) is 6.02. The molecule has 1 saturated carbocycles. The second-order valence-corrected chi connectivity index (χ2v) is 13.1. The number of phosphoric acid groups is 1. The molecule has 0 radical (unpaired) electrons. The van der Waals surface area contributed by atoms with Gasteiger partial charge in [0.1, 0.15) is 12.6 Å². The summed E-state index contributed by atoms with van der Waals surface area (Å²) in [6.45, 7) is 2.96. The van der Waals surface area contributed by atoms with E-state index in [1.807, 2.05) is 0 Å². The number of rotatable bonds is 25. The van der Waals surface area contributed by atoms with E-state index in [9.17, 15) is 14.4 Å². The van der Waals surface area contributed by atoms with Crippen molar-refractivity contribution in [1.82, 2.24) is 0 Å². The minimum absolute atomic E-state index is 0.355. The molecule has 0 bridgehead atoms. The summed E-state index contributed by atoms with van der Waals surface area (Å²) in [5.41, 5.74) is 0. The predicted molar refractivity (Wildman–Crippen MR) is 154 cm³/mol. The van der Waals surface area contributed by atoms with Crippen LogP contribution in [0.5, 0.6) is 0 Å². The summed E-state index contributed by atoms with van der Waals surface area (Å²) in [6, 6.07) is 0.610. The molecule has 36 heavy (non-hydrogen) atoms. The molecule has 0 spiro atoms. The van der Waals surface area contributed by atoms with Crippen molar-refractivity contribution in [1.29, 1.82) is 0 Å². The first-order valence-corrected chi connectivity index (χ1v) is 17.0. The summed E-state index contributed by atoms with van der Waals surface area (Å²) in [4.78, 5) is 18.7. The van der Waals surface area contributed by atoms with Crippen molar-refractivity contribution in [3.63, 3.8) is 0 Å². The second kappa shape index (κ2) is 20.7. The third-order valence-electron chi connectivity index (χ3n) is 8.06. The highest BCUT2D eigenvalue weighted by atomic mass is 31.2. The third kappa shape index (κ3) is 19.0. The van der Waals surface area contributed by atoms with Gasteiger partial charge in [-0.1, -0.05) is 109 Å². The Morgan fingerprint density at radius 1 is 0.778 bits per heavy atom. The fourth-order valence-electron chi connectivity index (χ4n) is 5.46. The summed E-state index contributed by atoms with van der Waals surface area (Å²) < 4.78 is 17.4. The molecule has 1 aliphatic carbocycles. The van der Waals surface area contributed by atoms with Gasteiger partial charge < -0.3 is 14.3 Å². The van der Waals surface area contributed by atoms with Crippen LogP contribution < -0.4 is 0 Å². The van der Waals surface area contributed by atoms with Crippen molar-refractivity contribution >= 4 is 7.82 Å². The Balaban J connectivity index is 1.95. The lowest BCUT2D eigenvalue weighted by atomic mass is 9.89. The molecular weight excluding hydrogens is 469 g/mol. The monoisotopic (exact) mass is 530 g/mol. The number of phosphoric ester groups is 1. The van der Waals surface area contributed by atoms with Crippen molar-refractivity contribution in [2.45, 2.75) is 160 Å². The zero-order chi connectivity index (χ0) is 26.5. The molecule has 1 unspecified atom stereocenters. The fraction of sp³-hybridized carbons (Fsp3) is 0.933. The number of hydrogen-bond donors (Lipinski definition) is 2. The van der Waals surface area contributed by atoms with E-state index in [4.69, 9.17) is 4.52 Å². The molecule has 5 nitrogen and oxygen atoms in total. The highest BCUT2D eigenvalue weighted by Crippen LogP contribution is 2.40. The molecule has 0 aromatic heterocycles. The van der Waals surface area contributed by atoms with Crippen LogP contribution in [-0.4, -0.2) is 47.1 Å². The van der Waals surface area contributed by atoms with E-state index in [-0.39, 0.29) is 6.10 Å². The van der Waals surface area contributed by atoms with E-state index in [1.165, 1.54) is 122 Å². The highest BCUT2D eigenvalue weighted by Gasteiger charge is 2.37. The largest absolute Gasteiger partial charge is 0.470 e. The predicted octanol–water partition coefficient (Wildman–Crippen LogP) is 9.08. The molecule has 0 aromatic carbocycles. The molecule has 0 aliphatic heterocycles. The van der Waals surface area contributed by atoms with Crippen LogP contribution in [0.4, 0.5) is 0 Å². The van der Waals surface area contributed by atoms with Crippen LogP contribution in [0, 0.1) is 0 Å². The van der Waals surface area contributed by atoms with Gasteiger partial charge >= 0.3 is 7.82 Å². The van der Waals surface area contributed by atoms with Crippen LogP contribution in [0.25, 0.3) is 0 Å². The Bertz CT molecular complexity index is 585. The lowest BCUT2D eigenvalue weighted by molar-refractivity contribution is -0.923. The average Bonchev–Trinajstić information content (AvgIpc) is 2.74. The second-order valence-electron chi connectivity index (χ2n) is 11.9. The molecular formula is C30H61NO4P+. The van der Waals surface area contributed by atoms with Crippen molar-refractivity contribution in [2.24, 2.45) is 0 Å². The Hall–Kier alpha value is -0.190. The summed E-state index contributed by atoms with van der Waals surface area (Å²) in [7, 11) is -0.0894. The van der Waals surface area contributed by atoms with E-state index < -0.39 is 7.82 Å². The maximum atomic E-state index is 11.5. The summed E-state index contributed by atoms with van der Waals surface area (Å²) in [6.07, 6.45) is 32.4. The van der Waals surface area contributed by atoms with E-state index in [0.717, 1.165) is 23.7 Å². The molecule has 0 amide bonds. The zero-order valence-corrected chi connectivity index (χ0v) is 25.1. The molecule has 0 heterocycles. The van der Waals surface area contributed by atoms with Gasteiger partial charge in [0.25, 0.3) is 0 Å². The third-order valence-corrected chi connectivity index (χ3v) is 8.63. The summed E-state index contributed by atoms with van der Waals surface area (Å²) in [5.74, 6) is 0. The van der Waals surface area contributed by atoms with Crippen molar-refractivity contribution in [3.05, 3.63) is 12.2 Å². The normalized spacial score (nSPS) is 16.0. The number of likely N-dealkylation sites (N-methyl/N-ethyl adjacent to an activating group) is 1. The zero-order valence-electron chi connectivity index (χ0n) is 24.2. The standard InChI is InChI=1S/C30H60NO4P/c1-4-5-6-7-8-9-10-11-12-13-14-15-16-17-18-19-20-21-22-23-27-30(35-36(32,33)34)28-31(2,3)29-25-24-26-29/h11-12,29-30H,4-10,13-28H2,1-3H3,(H-,32,33,34)/p+1/b12-11-. The van der Waals surface area contributed by atoms with Gasteiger partial charge in [-0.05, 0) is 51.4 Å². The van der Waals surface area contributed by atoms with Crippen molar-refractivity contribution < 1.29 is 23.4 Å². The molecule has 1 aliphatic rings. The molecule has 1 rings (SSSR count). The SMILES string of the molecule is CCCCCCCC/C=C\CCCCCCCCCCCCC(C[N+](C)(C)C1CCC1)OP(=O)(O)O. The molecule has 1 fully saturated rings. The molecule has 2 N–H and O–H groups in total. The number of quaternary nitrogens is 1. The summed E-state index contributed by atoms with van der Waals surface area (Å²) >= 11 is 0. The minimum Gasteiger partial charge on any atom is -0.324 e. The van der Waals surface area contributed by atoms with E-state index >= 15 is 0 Å². The van der Waals surface area contributed by atoms with E-state index in [0.29, 0.717) is 12.6 Å². The van der Waals surface area contributed by atoms with Gasteiger partial charge in [-0.25, -0.2) is 4.57 Å². The minimum atomic E-state index is -4.44. The molecule has 6 heteroatoms. The van der Waals surface area contributed by atoms with Gasteiger partial charge in [0.2, 0.25) is 0 Å². The number of unbranched alkanes of at least 4 members (excludes halogenated alkanes) is 16. The first-order chi connectivity index (χ1) is 17.2. The Labute approximate surface area is 224 Å². The molecule has 0 aromatic rings. The van der Waals surface area contributed by atoms with Gasteiger partial charge in [-0.15, -0.1) is 0 Å². The van der Waals surface area contributed by atoms with Crippen LogP contribution in [0.1, 0.15) is 148 Å². The van der Waals surface area contributed by atoms with Crippen LogP contribution in [-0.2, 0) is 9.09 Å². The highest BCUT2D eigenvalue weighted by molar-refractivity contribution is 7.46. The van der Waals surface area contributed by atoms with Crippen LogP contribution in [0.15, 0.2) is 12.2 Å². The Morgan fingerprint density at radius 3 is 1.64 bits per heavy atom. The van der Waals surface area contributed by atoms with Crippen LogP contribution >= 0.6 is 7.82 Å². The molecule has 214 valence electrons. The Kier molecular flexibility index (Phi) is 19.5. The number of allylic oxidation sites excluding steroid dienone is 2. The first kappa shape index (κ1) is 33.8. The lowest BCUT2D eigenvalue weighted by Gasteiger charge is -2.44. The molecule has 0 saturated heterocycles. The van der Waals surface area contributed by atoms with Crippen molar-refractivity contribution in [2.75, 3.05) is 20.6 Å². The summed E-state index contributed by atoms with van der Waals surface area (Å²) in [5, 5.41) is 0. The Morgan fingerprint density at radius 2 is 1.22 bits per heavy atom. The smallest absolute Gasteiger partial charge is 0.324 e. The first-order valence-electron chi connectivity index (χ1n) is 15.5. The van der Waals surface area contributed by atoms with Gasteiger partial charge in [-0.2, -0.15) is 0 Å². The molecule has 1 atom stereocenters. The number of hydrogen-bond acceptors (Lipinski definition) is 2. The van der Waals surface area contributed by atoms with Crippen LogP contribution in [0.2, 0.25) is 0 Å². The van der Waals surface area contributed by atoms with Gasteiger partial charge in [0, 0.05) is 0 Å².